The van der Waals surface area contributed by atoms with E-state index < -0.39 is 5.60 Å². The average molecular weight is 244 g/mol. The van der Waals surface area contributed by atoms with Crippen LogP contribution in [0.2, 0.25) is 0 Å². The van der Waals surface area contributed by atoms with Crippen molar-refractivity contribution in [3.05, 3.63) is 48.3 Å². The Bertz CT molecular complexity index is 539. The van der Waals surface area contributed by atoms with Crippen molar-refractivity contribution in [2.45, 2.75) is 26.4 Å². The Morgan fingerprint density at radius 2 is 2.06 bits per heavy atom. The maximum Gasteiger partial charge on any atom is 0.338 e. The Kier molecular flexibility index (Phi) is 3.19. The van der Waals surface area contributed by atoms with Crippen molar-refractivity contribution in [1.82, 2.24) is 9.78 Å². The van der Waals surface area contributed by atoms with Crippen LogP contribution in [0.25, 0.3) is 5.69 Å². The van der Waals surface area contributed by atoms with Crippen LogP contribution >= 0.6 is 0 Å². The first-order valence-electron chi connectivity index (χ1n) is 5.79. The minimum absolute atomic E-state index is 0.323. The Morgan fingerprint density at radius 3 is 2.67 bits per heavy atom. The van der Waals surface area contributed by atoms with Gasteiger partial charge in [0.05, 0.1) is 11.3 Å². The predicted octanol–water partition coefficient (Wildman–Crippen LogP) is 2.83. The molecule has 4 heteroatoms. The van der Waals surface area contributed by atoms with Gasteiger partial charge >= 0.3 is 5.97 Å². The van der Waals surface area contributed by atoms with Crippen LogP contribution in [0.15, 0.2) is 42.7 Å². The van der Waals surface area contributed by atoms with E-state index in [0.29, 0.717) is 5.56 Å². The summed E-state index contributed by atoms with van der Waals surface area (Å²) in [5.74, 6) is -0.323. The van der Waals surface area contributed by atoms with Gasteiger partial charge in [0.1, 0.15) is 5.60 Å². The van der Waals surface area contributed by atoms with Crippen molar-refractivity contribution in [3.8, 4) is 5.69 Å². The van der Waals surface area contributed by atoms with Crippen LogP contribution in [0.4, 0.5) is 0 Å². The molecule has 0 unspecified atom stereocenters. The third-order valence-corrected chi connectivity index (χ3v) is 2.25. The third kappa shape index (κ3) is 2.97. The summed E-state index contributed by atoms with van der Waals surface area (Å²) in [6.07, 6.45) is 3.52. The number of carbonyl (C=O) groups is 1. The summed E-state index contributed by atoms with van der Waals surface area (Å²) in [4.78, 5) is 11.9. The maximum absolute atomic E-state index is 11.9. The predicted molar refractivity (Wildman–Crippen MR) is 68.7 cm³/mol. The number of aromatic nitrogens is 2. The number of benzene rings is 1. The van der Waals surface area contributed by atoms with Gasteiger partial charge in [-0.3, -0.25) is 0 Å². The largest absolute Gasteiger partial charge is 0.456 e. The molecule has 94 valence electrons. The third-order valence-electron chi connectivity index (χ3n) is 2.25. The van der Waals surface area contributed by atoms with Gasteiger partial charge in [-0.05, 0) is 45.0 Å². The topological polar surface area (TPSA) is 44.1 Å². The number of ether oxygens (including phenoxy) is 1. The Morgan fingerprint density at radius 1 is 1.28 bits per heavy atom. The molecule has 1 aromatic carbocycles. The normalized spacial score (nSPS) is 11.3. The summed E-state index contributed by atoms with van der Waals surface area (Å²) in [5, 5.41) is 4.13. The summed E-state index contributed by atoms with van der Waals surface area (Å²) >= 11 is 0. The highest BCUT2D eigenvalue weighted by Crippen LogP contribution is 2.14. The summed E-state index contributed by atoms with van der Waals surface area (Å²) in [6, 6.07) is 9.04. The molecule has 2 aromatic rings. The number of esters is 1. The van der Waals surface area contributed by atoms with Crippen LogP contribution in [0.5, 0.6) is 0 Å². The highest BCUT2D eigenvalue weighted by Gasteiger charge is 2.18. The molecule has 0 radical (unpaired) electrons. The molecule has 0 N–H and O–H groups in total. The van der Waals surface area contributed by atoms with Gasteiger partial charge in [-0.1, -0.05) is 6.07 Å². The van der Waals surface area contributed by atoms with Gasteiger partial charge in [-0.15, -0.1) is 0 Å². The molecule has 1 aromatic heterocycles. The van der Waals surface area contributed by atoms with Crippen molar-refractivity contribution in [2.75, 3.05) is 0 Å². The Labute approximate surface area is 106 Å². The molecule has 0 saturated heterocycles. The van der Waals surface area contributed by atoms with Crippen LogP contribution in [-0.2, 0) is 4.74 Å². The van der Waals surface area contributed by atoms with E-state index in [9.17, 15) is 4.79 Å². The second-order valence-corrected chi connectivity index (χ2v) is 5.00. The van der Waals surface area contributed by atoms with Crippen LogP contribution in [0, 0.1) is 0 Å². The SMILES string of the molecule is CC(C)(C)OC(=O)c1cccc(-n2cccn2)c1. The number of hydrogen-bond acceptors (Lipinski definition) is 3. The molecule has 0 bridgehead atoms. The van der Waals surface area contributed by atoms with Gasteiger partial charge in [0, 0.05) is 12.4 Å². The lowest BCUT2D eigenvalue weighted by Gasteiger charge is -2.19. The van der Waals surface area contributed by atoms with Crippen molar-refractivity contribution in [2.24, 2.45) is 0 Å². The summed E-state index contributed by atoms with van der Waals surface area (Å²) in [5.41, 5.74) is 0.875. The lowest BCUT2D eigenvalue weighted by Crippen LogP contribution is -2.23. The molecular weight excluding hydrogens is 228 g/mol. The quantitative estimate of drug-likeness (QED) is 0.763. The minimum atomic E-state index is -0.487. The van der Waals surface area contributed by atoms with Gasteiger partial charge in [0.15, 0.2) is 0 Å². The first kappa shape index (κ1) is 12.4. The molecule has 2 rings (SSSR count). The van der Waals surface area contributed by atoms with E-state index in [1.807, 2.05) is 45.2 Å². The molecule has 0 aliphatic rings. The Balaban J connectivity index is 2.25. The van der Waals surface area contributed by atoms with E-state index in [4.69, 9.17) is 4.74 Å². The fourth-order valence-corrected chi connectivity index (χ4v) is 1.53. The lowest BCUT2D eigenvalue weighted by molar-refractivity contribution is 0.00695. The van der Waals surface area contributed by atoms with Gasteiger partial charge in [-0.2, -0.15) is 5.10 Å². The van der Waals surface area contributed by atoms with Gasteiger partial charge in [-0.25, -0.2) is 9.48 Å². The van der Waals surface area contributed by atoms with Crippen molar-refractivity contribution < 1.29 is 9.53 Å². The van der Waals surface area contributed by atoms with Crippen LogP contribution in [-0.4, -0.2) is 21.4 Å². The Hall–Kier alpha value is -2.10. The van der Waals surface area contributed by atoms with E-state index in [1.165, 1.54) is 0 Å². The number of carbonyl (C=O) groups excluding carboxylic acids is 1. The zero-order valence-corrected chi connectivity index (χ0v) is 10.8. The second kappa shape index (κ2) is 4.64. The summed E-state index contributed by atoms with van der Waals surface area (Å²) in [7, 11) is 0. The smallest absolute Gasteiger partial charge is 0.338 e. The van der Waals surface area contributed by atoms with Crippen molar-refractivity contribution in [3.63, 3.8) is 0 Å². The van der Waals surface area contributed by atoms with Gasteiger partial charge < -0.3 is 4.74 Å². The van der Waals surface area contributed by atoms with Crippen LogP contribution < -0.4 is 0 Å². The van der Waals surface area contributed by atoms with Gasteiger partial charge in [0.25, 0.3) is 0 Å². The van der Waals surface area contributed by atoms with Crippen LogP contribution in [0.3, 0.4) is 0 Å². The number of hydrogen-bond donors (Lipinski definition) is 0. The molecule has 18 heavy (non-hydrogen) atoms. The fraction of sp³-hybridized carbons (Fsp3) is 0.286. The monoisotopic (exact) mass is 244 g/mol. The molecule has 0 saturated carbocycles. The molecular formula is C14H16N2O2. The molecule has 0 spiro atoms. The summed E-state index contributed by atoms with van der Waals surface area (Å²) < 4.78 is 7.03. The van der Waals surface area contributed by atoms with Crippen LogP contribution in [0.1, 0.15) is 31.1 Å². The van der Waals surface area contributed by atoms with E-state index >= 15 is 0 Å². The number of nitrogens with zero attached hydrogens (tertiary/aromatic N) is 2. The zero-order valence-electron chi connectivity index (χ0n) is 10.8. The maximum atomic E-state index is 11.9. The highest BCUT2D eigenvalue weighted by atomic mass is 16.6. The molecule has 0 amide bonds. The van der Waals surface area contributed by atoms with E-state index in [1.54, 1.807) is 23.0 Å². The summed E-state index contributed by atoms with van der Waals surface area (Å²) in [6.45, 7) is 5.55. The minimum Gasteiger partial charge on any atom is -0.456 e. The highest BCUT2D eigenvalue weighted by molar-refractivity contribution is 5.90. The lowest BCUT2D eigenvalue weighted by atomic mass is 10.1. The number of rotatable bonds is 2. The van der Waals surface area contributed by atoms with E-state index in [-0.39, 0.29) is 5.97 Å². The molecule has 0 fully saturated rings. The molecule has 0 aliphatic heterocycles. The van der Waals surface area contributed by atoms with E-state index in [0.717, 1.165) is 5.69 Å². The molecule has 0 atom stereocenters. The second-order valence-electron chi connectivity index (χ2n) is 5.00. The standard InChI is InChI=1S/C14H16N2O2/c1-14(2,3)18-13(17)11-6-4-7-12(10-11)16-9-5-8-15-16/h4-10H,1-3H3. The van der Waals surface area contributed by atoms with E-state index in [2.05, 4.69) is 5.10 Å². The first-order valence-corrected chi connectivity index (χ1v) is 5.79. The van der Waals surface area contributed by atoms with Gasteiger partial charge in [0.2, 0.25) is 0 Å². The molecule has 1 heterocycles. The fourth-order valence-electron chi connectivity index (χ4n) is 1.53. The average Bonchev–Trinajstić information content (AvgIpc) is 2.80. The van der Waals surface area contributed by atoms with Crippen molar-refractivity contribution >= 4 is 5.97 Å². The molecule has 0 aliphatic carbocycles. The first-order chi connectivity index (χ1) is 8.46. The van der Waals surface area contributed by atoms with Crippen molar-refractivity contribution in [1.29, 1.82) is 0 Å². The molecule has 4 nitrogen and oxygen atoms in total. The zero-order chi connectivity index (χ0) is 13.2.